The van der Waals surface area contributed by atoms with Crippen LogP contribution < -0.4 is 0 Å². The molecular formula is C45H29N3O. The summed E-state index contributed by atoms with van der Waals surface area (Å²) in [4.78, 5) is 14.2. The molecule has 0 unspecified atom stereocenters. The number of aromatic nitrogens is 3. The summed E-state index contributed by atoms with van der Waals surface area (Å²) in [6, 6.07) is 42.5. The second-order valence-electron chi connectivity index (χ2n) is 11.6. The molecule has 0 bridgehead atoms. The van der Waals surface area contributed by atoms with Gasteiger partial charge in [0.15, 0.2) is 17.5 Å². The number of hydrogen-bond acceptors (Lipinski definition) is 4. The van der Waals surface area contributed by atoms with Crippen LogP contribution in [0, 0.1) is 0 Å². The summed E-state index contributed by atoms with van der Waals surface area (Å²) < 4.78 is 61.7. The summed E-state index contributed by atoms with van der Waals surface area (Å²) in [5, 5.41) is 0.340. The third-order valence-corrected chi connectivity index (χ3v) is 8.43. The molecule has 0 spiro atoms. The van der Waals surface area contributed by atoms with Crippen molar-refractivity contribution >= 4 is 21.9 Å². The first-order valence-corrected chi connectivity index (χ1v) is 15.9. The highest BCUT2D eigenvalue weighted by molar-refractivity contribution is 6.13. The Labute approximate surface area is 292 Å². The van der Waals surface area contributed by atoms with Crippen LogP contribution in [0.5, 0.6) is 0 Å². The van der Waals surface area contributed by atoms with Gasteiger partial charge in [0.1, 0.15) is 11.2 Å². The molecule has 0 N–H and O–H groups in total. The van der Waals surface area contributed by atoms with Gasteiger partial charge in [0, 0.05) is 27.5 Å². The zero-order chi connectivity index (χ0) is 37.8. The Hall–Kier alpha value is -6.65. The van der Waals surface area contributed by atoms with Crippen molar-refractivity contribution in [1.29, 1.82) is 0 Å². The van der Waals surface area contributed by atoms with Crippen LogP contribution in [0.1, 0.15) is 8.22 Å². The van der Waals surface area contributed by atoms with E-state index in [1.807, 2.05) is 133 Å². The molecule has 4 heteroatoms. The Morgan fingerprint density at radius 2 is 0.878 bits per heavy atom. The monoisotopic (exact) mass is 633 g/mol. The van der Waals surface area contributed by atoms with E-state index in [1.54, 1.807) is 0 Å². The van der Waals surface area contributed by atoms with Crippen LogP contribution in [0.3, 0.4) is 0 Å². The fourth-order valence-corrected chi connectivity index (χ4v) is 6.06. The molecule has 4 nitrogen and oxygen atoms in total. The van der Waals surface area contributed by atoms with Crippen molar-refractivity contribution in [2.75, 3.05) is 0 Å². The van der Waals surface area contributed by atoms with E-state index in [9.17, 15) is 5.48 Å². The van der Waals surface area contributed by atoms with Gasteiger partial charge in [-0.3, -0.25) is 0 Å². The van der Waals surface area contributed by atoms with E-state index in [0.29, 0.717) is 28.3 Å². The summed E-state index contributed by atoms with van der Waals surface area (Å²) in [7, 11) is 0. The van der Waals surface area contributed by atoms with E-state index < -0.39 is 0 Å². The molecule has 0 atom stereocenters. The SMILES string of the molecule is [2H]c1c([2H])c(-c2cc(-c3ccccc3)cc(-c3ccccc3)c2)c2c(oc3c([2H])c(-c4nc(-c5ccccc5)nc(-c5ccccc5)n4)c([2H])c([2H])c32)c1[2H]. The van der Waals surface area contributed by atoms with Crippen molar-refractivity contribution in [2.24, 2.45) is 0 Å². The number of benzene rings is 7. The summed E-state index contributed by atoms with van der Waals surface area (Å²) in [5.74, 6) is 0.691. The van der Waals surface area contributed by atoms with Gasteiger partial charge in [-0.05, 0) is 69.7 Å². The molecule has 0 fully saturated rings. The maximum atomic E-state index is 9.49. The lowest BCUT2D eigenvalue weighted by Gasteiger charge is -2.12. The standard InChI is InChI=1S/C45H29N3O/c1-5-14-30(15-6-1)35-26-36(31-16-7-2-8-17-31)28-37(27-35)38-22-13-23-40-42(38)39-25-24-34(29-41(39)49-40)45-47-43(32-18-9-3-10-19-32)46-44(48-45)33-20-11-4-12-21-33/h1-29H/i13D,22D,23D,24D,25D,29D. The molecule has 0 radical (unpaired) electrons. The molecule has 0 aliphatic rings. The first-order chi connectivity index (χ1) is 26.8. The molecule has 9 aromatic rings. The van der Waals surface area contributed by atoms with Crippen molar-refractivity contribution in [2.45, 2.75) is 0 Å². The molecular weight excluding hydrogens is 599 g/mol. The highest BCUT2D eigenvalue weighted by Gasteiger charge is 2.17. The van der Waals surface area contributed by atoms with Crippen LogP contribution in [0.15, 0.2) is 180 Å². The van der Waals surface area contributed by atoms with Crippen molar-refractivity contribution < 1.29 is 12.6 Å². The Kier molecular flexibility index (Phi) is 5.67. The third kappa shape index (κ3) is 5.45. The average molecular weight is 634 g/mol. The van der Waals surface area contributed by atoms with Crippen LogP contribution in [0.25, 0.3) is 89.5 Å². The zero-order valence-electron chi connectivity index (χ0n) is 32.0. The molecule has 49 heavy (non-hydrogen) atoms. The van der Waals surface area contributed by atoms with Crippen LogP contribution in [0.4, 0.5) is 0 Å². The Balaban J connectivity index is 1.34. The van der Waals surface area contributed by atoms with Crippen LogP contribution in [-0.2, 0) is 0 Å². The van der Waals surface area contributed by atoms with Gasteiger partial charge in [0.05, 0.1) is 8.22 Å². The smallest absolute Gasteiger partial charge is 0.164 e. The van der Waals surface area contributed by atoms with E-state index >= 15 is 0 Å². The predicted molar refractivity (Wildman–Crippen MR) is 200 cm³/mol. The summed E-state index contributed by atoms with van der Waals surface area (Å²) >= 11 is 0. The molecule has 2 aromatic heterocycles. The topological polar surface area (TPSA) is 51.8 Å². The minimum Gasteiger partial charge on any atom is -0.456 e. The molecule has 0 aliphatic heterocycles. The largest absolute Gasteiger partial charge is 0.456 e. The lowest BCUT2D eigenvalue weighted by atomic mass is 9.91. The van der Waals surface area contributed by atoms with Gasteiger partial charge in [-0.25, -0.2) is 15.0 Å². The fourth-order valence-electron chi connectivity index (χ4n) is 6.06. The molecule has 2 heterocycles. The molecule has 0 aliphatic carbocycles. The number of hydrogen-bond donors (Lipinski definition) is 0. The highest BCUT2D eigenvalue weighted by atomic mass is 16.3. The second kappa shape index (κ2) is 12.2. The van der Waals surface area contributed by atoms with E-state index in [1.165, 1.54) is 0 Å². The Morgan fingerprint density at radius 1 is 0.408 bits per heavy atom. The lowest BCUT2D eigenvalue weighted by Crippen LogP contribution is -2.00. The lowest BCUT2D eigenvalue weighted by molar-refractivity contribution is 0.669. The molecule has 9 rings (SSSR count). The minimum atomic E-state index is -0.352. The maximum absolute atomic E-state index is 9.49. The van der Waals surface area contributed by atoms with Crippen LogP contribution in [0.2, 0.25) is 0 Å². The summed E-state index contributed by atoms with van der Waals surface area (Å²) in [5.41, 5.74) is 5.76. The number of fused-ring (bicyclic) bond motifs is 3. The minimum absolute atomic E-state index is 0.0234. The van der Waals surface area contributed by atoms with Gasteiger partial charge in [0.25, 0.3) is 0 Å². The quantitative estimate of drug-likeness (QED) is 0.183. The van der Waals surface area contributed by atoms with Gasteiger partial charge in [-0.2, -0.15) is 0 Å². The van der Waals surface area contributed by atoms with Crippen molar-refractivity contribution in [3.05, 3.63) is 176 Å². The first kappa shape index (κ1) is 22.8. The van der Waals surface area contributed by atoms with Gasteiger partial charge >= 0.3 is 0 Å². The maximum Gasteiger partial charge on any atom is 0.164 e. The van der Waals surface area contributed by atoms with Gasteiger partial charge in [-0.1, -0.05) is 139 Å². The van der Waals surface area contributed by atoms with Crippen molar-refractivity contribution in [1.82, 2.24) is 15.0 Å². The van der Waals surface area contributed by atoms with E-state index in [0.717, 1.165) is 22.3 Å². The number of rotatable bonds is 6. The van der Waals surface area contributed by atoms with Crippen LogP contribution >= 0.6 is 0 Å². The van der Waals surface area contributed by atoms with Crippen molar-refractivity contribution in [3.63, 3.8) is 0 Å². The van der Waals surface area contributed by atoms with Crippen LogP contribution in [-0.4, -0.2) is 15.0 Å². The normalized spacial score (nSPS) is 13.0. The number of furan rings is 1. The second-order valence-corrected chi connectivity index (χ2v) is 11.6. The molecule has 0 amide bonds. The molecule has 7 aromatic carbocycles. The van der Waals surface area contributed by atoms with Gasteiger partial charge in [0.2, 0.25) is 0 Å². The van der Waals surface area contributed by atoms with Gasteiger partial charge in [-0.15, -0.1) is 0 Å². The number of nitrogens with zero attached hydrogens (tertiary/aromatic N) is 3. The van der Waals surface area contributed by atoms with E-state index in [-0.39, 0.29) is 75.1 Å². The Bertz CT molecular complexity index is 2810. The third-order valence-electron chi connectivity index (χ3n) is 8.43. The predicted octanol–water partition coefficient (Wildman–Crippen LogP) is 11.8. The van der Waals surface area contributed by atoms with E-state index in [2.05, 4.69) is 6.07 Å². The Morgan fingerprint density at radius 3 is 1.41 bits per heavy atom. The summed E-state index contributed by atoms with van der Waals surface area (Å²) in [6.07, 6.45) is 0. The average Bonchev–Trinajstić information content (AvgIpc) is 3.64. The van der Waals surface area contributed by atoms with Gasteiger partial charge < -0.3 is 4.42 Å². The fraction of sp³-hybridized carbons (Fsp3) is 0. The highest BCUT2D eigenvalue weighted by Crippen LogP contribution is 2.41. The molecule has 0 saturated heterocycles. The van der Waals surface area contributed by atoms with E-state index in [4.69, 9.17) is 22.1 Å². The van der Waals surface area contributed by atoms with Crippen molar-refractivity contribution in [3.8, 4) is 67.5 Å². The molecule has 230 valence electrons. The first-order valence-electron chi connectivity index (χ1n) is 18.9. The molecule has 0 saturated carbocycles. The summed E-state index contributed by atoms with van der Waals surface area (Å²) in [6.45, 7) is 0. The zero-order valence-corrected chi connectivity index (χ0v) is 26.0.